The molecule has 6 aliphatic heterocycles. The molecule has 0 radical (unpaired) electrons. The van der Waals surface area contributed by atoms with Gasteiger partial charge in [-0.1, -0.05) is 0 Å². The van der Waals surface area contributed by atoms with Crippen LogP contribution in [0.1, 0.15) is 61.0 Å². The lowest BCUT2D eigenvalue weighted by Crippen LogP contribution is -2.36. The van der Waals surface area contributed by atoms with Gasteiger partial charge in [-0.2, -0.15) is 0 Å². The summed E-state index contributed by atoms with van der Waals surface area (Å²) in [5, 5.41) is 14.1. The molecule has 0 spiro atoms. The van der Waals surface area contributed by atoms with Crippen LogP contribution in [-0.2, 0) is 23.8 Å². The molecular formula is C52H48F2N8O9S2. The van der Waals surface area contributed by atoms with E-state index in [0.29, 0.717) is 119 Å². The molecule has 6 unspecified atom stereocenters. The number of carbonyl (C=O) groups excluding carboxylic acids is 4. The number of ether oxygens (including phenoxy) is 3. The van der Waals surface area contributed by atoms with Gasteiger partial charge >= 0.3 is 12.2 Å². The lowest BCUT2D eigenvalue weighted by Gasteiger charge is -2.27. The van der Waals surface area contributed by atoms with Gasteiger partial charge in [0.15, 0.2) is 0 Å². The fourth-order valence-electron chi connectivity index (χ4n) is 11.2. The Kier molecular flexibility index (Phi) is 12.5. The average molecular weight is 1030 g/mol. The van der Waals surface area contributed by atoms with Gasteiger partial charge in [0.05, 0.1) is 84.4 Å². The molecule has 2 saturated heterocycles. The zero-order chi connectivity index (χ0) is 50.1. The Morgan fingerprint density at radius 3 is 1.48 bits per heavy atom. The molecule has 4 amide bonds. The Labute approximate surface area is 423 Å². The van der Waals surface area contributed by atoms with Gasteiger partial charge in [-0.25, -0.2) is 18.4 Å². The Hall–Kier alpha value is -6.78. The normalized spacial score (nSPS) is 22.7. The summed E-state index contributed by atoms with van der Waals surface area (Å²) in [4.78, 5) is 82.5. The molecule has 4 N–H and O–H groups in total. The fourth-order valence-corrected chi connectivity index (χ4v) is 12.8. The number of cyclic esters (lactones) is 2. The van der Waals surface area contributed by atoms with Crippen molar-refractivity contribution >= 4 is 92.1 Å². The Balaban J connectivity index is 0.720. The summed E-state index contributed by atoms with van der Waals surface area (Å²) < 4.78 is 53.2. The quantitative estimate of drug-likeness (QED) is 0.0703. The number of aromatic nitrogens is 2. The first-order chi connectivity index (χ1) is 35.5. The predicted octanol–water partition coefficient (Wildman–Crippen LogP) is 7.38. The molecule has 2 fully saturated rings. The van der Waals surface area contributed by atoms with Gasteiger partial charge in [0.25, 0.3) is 11.1 Å². The van der Waals surface area contributed by atoms with Crippen molar-refractivity contribution in [1.82, 2.24) is 19.8 Å². The highest BCUT2D eigenvalue weighted by Gasteiger charge is 2.41. The molecule has 12 rings (SSSR count). The summed E-state index contributed by atoms with van der Waals surface area (Å²) in [6.45, 7) is 1.24. The minimum Gasteiger partial charge on any atom is -0.444 e. The van der Waals surface area contributed by atoms with E-state index in [-0.39, 0.29) is 36.1 Å². The molecule has 376 valence electrons. The SMILES string of the molecule is O=C1CSc2ccc(N3CC(CCCNC4c5c(F)ccc6ccc(=O)n(c56)C4COCC4C(NCCCC5CN(c6ccc7c(c6)NC(=O)CS7)C(=O)O5)c5c(F)ccc6ccc(=O)n4c56)OC3=O)cc2N1. The molecule has 4 aromatic carbocycles. The maximum absolute atomic E-state index is 16.0. The van der Waals surface area contributed by atoms with Crippen LogP contribution in [0.25, 0.3) is 21.8 Å². The van der Waals surface area contributed by atoms with Gasteiger partial charge in [0.2, 0.25) is 11.8 Å². The highest BCUT2D eigenvalue weighted by Crippen LogP contribution is 2.44. The number of rotatable bonds is 16. The van der Waals surface area contributed by atoms with E-state index in [9.17, 15) is 28.8 Å². The Morgan fingerprint density at radius 1 is 0.589 bits per heavy atom. The van der Waals surface area contributed by atoms with Crippen molar-refractivity contribution in [3.8, 4) is 0 Å². The number of benzene rings is 4. The summed E-state index contributed by atoms with van der Waals surface area (Å²) >= 11 is 2.87. The Bertz CT molecular complexity index is 3190. The number of amides is 4. The van der Waals surface area contributed by atoms with Crippen molar-refractivity contribution in [3.05, 3.63) is 128 Å². The fraction of sp³-hybridized carbons (Fsp3) is 0.346. The van der Waals surface area contributed by atoms with Gasteiger partial charge in [-0.15, -0.1) is 23.5 Å². The van der Waals surface area contributed by atoms with E-state index in [4.69, 9.17) is 14.2 Å². The summed E-state index contributed by atoms with van der Waals surface area (Å²) in [5.41, 5.74) is 3.45. The molecule has 0 bridgehead atoms. The van der Waals surface area contributed by atoms with E-state index in [1.165, 1.54) is 47.8 Å². The summed E-state index contributed by atoms with van der Waals surface area (Å²) in [7, 11) is 0. The monoisotopic (exact) mass is 1030 g/mol. The third kappa shape index (κ3) is 8.69. The van der Waals surface area contributed by atoms with E-state index in [1.807, 2.05) is 24.3 Å². The van der Waals surface area contributed by atoms with Crippen molar-refractivity contribution < 1.29 is 42.2 Å². The molecule has 2 aromatic heterocycles. The van der Waals surface area contributed by atoms with Crippen LogP contribution >= 0.6 is 23.5 Å². The summed E-state index contributed by atoms with van der Waals surface area (Å²) in [6.07, 6.45) is 0.247. The van der Waals surface area contributed by atoms with Gasteiger partial charge in [0, 0.05) is 44.4 Å². The molecule has 6 aliphatic rings. The van der Waals surface area contributed by atoms with Crippen LogP contribution < -0.4 is 42.2 Å². The standard InChI is InChI=1S/C52H48F2N8O9S2/c53-33-11-5-27-7-15-43(65)61-37(47(45(33)49(27)61)55-17-1-3-31-21-59(51(67)70-31)29-9-13-39-35(19-29)57-41(63)25-72-39)23-69-24-38-48(46-34(54)12-6-28-8-16-44(66)62(38)50(28)46)56-18-2-4-32-22-60(52(68)71-32)30-10-14-40-36(20-30)58-42(64)26-73-40/h5-16,19-20,31-32,37-38,47-48,55-56H,1-4,17-18,21-26H2,(H,57,63)(H,58,64). The number of halogens is 2. The maximum atomic E-state index is 16.0. The first kappa shape index (κ1) is 47.2. The van der Waals surface area contributed by atoms with Crippen LogP contribution in [0, 0.1) is 11.6 Å². The summed E-state index contributed by atoms with van der Waals surface area (Å²) in [6, 6.07) is 20.4. The minimum absolute atomic E-state index is 0.0640. The second-order valence-electron chi connectivity index (χ2n) is 19.0. The molecule has 21 heteroatoms. The third-order valence-electron chi connectivity index (χ3n) is 14.5. The van der Waals surface area contributed by atoms with Crippen LogP contribution in [0.3, 0.4) is 0 Å². The van der Waals surface area contributed by atoms with Crippen LogP contribution in [0.2, 0.25) is 0 Å². The number of nitrogens with zero attached hydrogens (tertiary/aromatic N) is 4. The number of nitrogens with one attached hydrogen (secondary N) is 4. The van der Waals surface area contributed by atoms with E-state index >= 15 is 8.78 Å². The van der Waals surface area contributed by atoms with Crippen molar-refractivity contribution in [3.63, 3.8) is 0 Å². The number of hydrogen-bond acceptors (Lipinski definition) is 13. The molecule has 17 nitrogen and oxygen atoms in total. The Morgan fingerprint density at radius 2 is 1.03 bits per heavy atom. The highest BCUT2D eigenvalue weighted by atomic mass is 32.2. The van der Waals surface area contributed by atoms with Crippen molar-refractivity contribution in [2.24, 2.45) is 0 Å². The van der Waals surface area contributed by atoms with Gasteiger partial charge in [-0.3, -0.25) is 29.0 Å². The van der Waals surface area contributed by atoms with E-state index in [2.05, 4.69) is 21.3 Å². The number of pyridine rings is 2. The lowest BCUT2D eigenvalue weighted by molar-refractivity contribution is -0.114. The number of hydrogen-bond donors (Lipinski definition) is 4. The van der Waals surface area contributed by atoms with Gasteiger partial charge < -0.3 is 44.6 Å². The number of fused-ring (bicyclic) bond motifs is 2. The molecule has 6 atom stereocenters. The number of thioether (sulfide) groups is 2. The average Bonchev–Trinajstić information content (AvgIpc) is 4.14. The van der Waals surface area contributed by atoms with Crippen molar-refractivity contribution in [2.45, 2.75) is 71.8 Å². The predicted molar refractivity (Wildman–Crippen MR) is 272 cm³/mol. The third-order valence-corrected chi connectivity index (χ3v) is 16.6. The first-order valence-electron chi connectivity index (χ1n) is 24.3. The van der Waals surface area contributed by atoms with Gasteiger partial charge in [-0.05, 0) is 122 Å². The van der Waals surface area contributed by atoms with E-state index in [1.54, 1.807) is 55.3 Å². The number of carbonyl (C=O) groups is 4. The maximum Gasteiger partial charge on any atom is 0.414 e. The molecule has 73 heavy (non-hydrogen) atoms. The van der Waals surface area contributed by atoms with E-state index < -0.39 is 60.2 Å². The molecule has 8 heterocycles. The van der Waals surface area contributed by atoms with Gasteiger partial charge in [0.1, 0.15) is 23.8 Å². The minimum atomic E-state index is -0.711. The van der Waals surface area contributed by atoms with Crippen LogP contribution in [-0.4, -0.2) is 96.2 Å². The van der Waals surface area contributed by atoms with Crippen LogP contribution in [0.4, 0.5) is 41.1 Å². The topological polar surface area (TPSA) is 195 Å². The smallest absolute Gasteiger partial charge is 0.414 e. The van der Waals surface area contributed by atoms with Crippen molar-refractivity contribution in [1.29, 1.82) is 0 Å². The highest BCUT2D eigenvalue weighted by molar-refractivity contribution is 8.00. The van der Waals surface area contributed by atoms with Crippen LogP contribution in [0.15, 0.2) is 104 Å². The molecule has 0 saturated carbocycles. The largest absolute Gasteiger partial charge is 0.444 e. The first-order valence-corrected chi connectivity index (χ1v) is 26.3. The molecule has 0 aliphatic carbocycles. The number of anilines is 4. The zero-order valence-corrected chi connectivity index (χ0v) is 40.7. The van der Waals surface area contributed by atoms with Crippen molar-refractivity contribution in [2.75, 3.05) is 71.3 Å². The zero-order valence-electron chi connectivity index (χ0n) is 39.1. The summed E-state index contributed by atoms with van der Waals surface area (Å²) in [5.74, 6) is -0.514. The van der Waals surface area contributed by atoms with E-state index in [0.717, 1.165) is 9.79 Å². The lowest BCUT2D eigenvalue weighted by atomic mass is 10.0. The molecular weight excluding hydrogens is 983 g/mol. The second kappa shape index (κ2) is 19.2. The molecule has 6 aromatic rings. The second-order valence-corrected chi connectivity index (χ2v) is 21.0. The van der Waals surface area contributed by atoms with Crippen LogP contribution in [0.5, 0.6) is 0 Å².